The third-order valence-electron chi connectivity index (χ3n) is 6.36. The molecule has 2 aliphatic heterocycles. The third kappa shape index (κ3) is 4.45. The molecule has 9 heteroatoms. The Morgan fingerprint density at radius 3 is 2.61 bits per heavy atom. The van der Waals surface area contributed by atoms with Gasteiger partial charge in [0.25, 0.3) is 11.8 Å². The number of ketones is 1. The lowest BCUT2D eigenvalue weighted by Gasteiger charge is -2.29. The Bertz CT molecular complexity index is 1140. The first kappa shape index (κ1) is 22.8. The van der Waals surface area contributed by atoms with Crippen LogP contribution in [0.15, 0.2) is 29.6 Å². The molecule has 2 unspecified atom stereocenters. The Labute approximate surface area is 195 Å². The summed E-state index contributed by atoms with van der Waals surface area (Å²) in [7, 11) is 0. The van der Waals surface area contributed by atoms with Gasteiger partial charge >= 0.3 is 0 Å². The van der Waals surface area contributed by atoms with Crippen LogP contribution < -0.4 is 10.6 Å². The number of rotatable bonds is 7. The van der Waals surface area contributed by atoms with Crippen LogP contribution in [0.2, 0.25) is 0 Å². The zero-order valence-corrected chi connectivity index (χ0v) is 19.3. The van der Waals surface area contributed by atoms with Gasteiger partial charge in [-0.05, 0) is 29.9 Å². The molecule has 8 nitrogen and oxygen atoms in total. The van der Waals surface area contributed by atoms with Crippen LogP contribution in [-0.2, 0) is 27.5 Å². The van der Waals surface area contributed by atoms with E-state index >= 15 is 0 Å². The molecule has 0 spiro atoms. The lowest BCUT2D eigenvalue weighted by Crippen LogP contribution is -2.52. The van der Waals surface area contributed by atoms with Crippen molar-refractivity contribution in [1.82, 2.24) is 15.5 Å². The average Bonchev–Trinajstić information content (AvgIpc) is 3.36. The second-order valence-electron chi connectivity index (χ2n) is 8.39. The molecule has 0 saturated carbocycles. The molecule has 2 N–H and O–H groups in total. The highest BCUT2D eigenvalue weighted by molar-refractivity contribution is 7.10. The predicted octanol–water partition coefficient (Wildman–Crippen LogP) is 2.52. The van der Waals surface area contributed by atoms with Crippen LogP contribution in [-0.4, -0.2) is 40.4 Å². The quantitative estimate of drug-likeness (QED) is 0.369. The van der Waals surface area contributed by atoms with Crippen molar-refractivity contribution >= 4 is 40.7 Å². The van der Waals surface area contributed by atoms with Crippen molar-refractivity contribution in [3.8, 4) is 0 Å². The summed E-state index contributed by atoms with van der Waals surface area (Å²) in [5.74, 6) is -2.00. The van der Waals surface area contributed by atoms with Crippen molar-refractivity contribution in [2.75, 3.05) is 0 Å². The van der Waals surface area contributed by atoms with Crippen LogP contribution in [0.5, 0.6) is 0 Å². The number of nitrogens with zero attached hydrogens (tertiary/aromatic N) is 1. The molecule has 0 radical (unpaired) electrons. The minimum Gasteiger partial charge on any atom is -0.344 e. The zero-order valence-electron chi connectivity index (χ0n) is 18.5. The van der Waals surface area contributed by atoms with Gasteiger partial charge in [-0.2, -0.15) is 0 Å². The number of piperidine rings is 1. The van der Waals surface area contributed by atoms with Crippen molar-refractivity contribution in [1.29, 1.82) is 0 Å². The van der Waals surface area contributed by atoms with Gasteiger partial charge in [0, 0.05) is 28.8 Å². The van der Waals surface area contributed by atoms with Crippen LogP contribution in [0, 0.1) is 0 Å². The number of imide groups is 1. The standard InChI is InChI=1S/C24H25N3O5S/c1-3-13(2)14-4-6-15(7-5-14)21(29)23(31)25-10-19-16-11-27(24(32)17(16)12-33-19)18-8-9-20(28)26-22(18)30/h4-7,12-13,18H,3,8-11H2,1-2H3,(H,25,31)(H,26,28,30). The number of carbonyl (C=O) groups is 5. The van der Waals surface area contributed by atoms with E-state index < -0.39 is 23.6 Å². The highest BCUT2D eigenvalue weighted by Crippen LogP contribution is 2.33. The summed E-state index contributed by atoms with van der Waals surface area (Å²) in [5.41, 5.74) is 2.70. The van der Waals surface area contributed by atoms with E-state index in [9.17, 15) is 24.0 Å². The van der Waals surface area contributed by atoms with E-state index in [1.165, 1.54) is 16.2 Å². The Morgan fingerprint density at radius 2 is 1.94 bits per heavy atom. The molecule has 4 amide bonds. The monoisotopic (exact) mass is 467 g/mol. The van der Waals surface area contributed by atoms with E-state index in [0.29, 0.717) is 23.5 Å². The van der Waals surface area contributed by atoms with Crippen LogP contribution >= 0.6 is 11.3 Å². The highest BCUT2D eigenvalue weighted by Gasteiger charge is 2.40. The van der Waals surface area contributed by atoms with Gasteiger partial charge in [-0.1, -0.05) is 38.1 Å². The van der Waals surface area contributed by atoms with Gasteiger partial charge in [0.05, 0.1) is 12.1 Å². The molecule has 1 saturated heterocycles. The molecule has 2 aliphatic rings. The van der Waals surface area contributed by atoms with Crippen molar-refractivity contribution in [3.05, 3.63) is 56.8 Å². The van der Waals surface area contributed by atoms with Gasteiger partial charge in [0.1, 0.15) is 6.04 Å². The lowest BCUT2D eigenvalue weighted by molar-refractivity contribution is -0.136. The van der Waals surface area contributed by atoms with E-state index in [1.54, 1.807) is 17.5 Å². The largest absolute Gasteiger partial charge is 0.344 e. The Kier molecular flexibility index (Phi) is 6.42. The van der Waals surface area contributed by atoms with Crippen molar-refractivity contribution in [2.45, 2.75) is 58.2 Å². The summed E-state index contributed by atoms with van der Waals surface area (Å²) in [4.78, 5) is 63.6. The normalized spacial score (nSPS) is 18.7. The fourth-order valence-electron chi connectivity index (χ4n) is 4.12. The lowest BCUT2D eigenvalue weighted by atomic mass is 9.97. The van der Waals surface area contributed by atoms with Crippen LogP contribution in [0.25, 0.3) is 0 Å². The molecule has 2 aromatic rings. The Morgan fingerprint density at radius 1 is 1.21 bits per heavy atom. The average molecular weight is 468 g/mol. The number of benzene rings is 1. The fraction of sp³-hybridized carbons (Fsp3) is 0.375. The molecule has 4 rings (SSSR count). The van der Waals surface area contributed by atoms with Gasteiger partial charge in [0.2, 0.25) is 17.6 Å². The van der Waals surface area contributed by atoms with Crippen molar-refractivity contribution < 1.29 is 24.0 Å². The first-order valence-corrected chi connectivity index (χ1v) is 11.8. The molecular formula is C24H25N3O5S. The summed E-state index contributed by atoms with van der Waals surface area (Å²) in [5, 5.41) is 6.64. The SMILES string of the molecule is CCC(C)c1ccc(C(=O)C(=O)NCc2scc3c2CN(C2CCC(=O)NC2=O)C3=O)cc1. The third-order valence-corrected chi connectivity index (χ3v) is 7.39. The molecule has 1 aromatic carbocycles. The van der Waals surface area contributed by atoms with Gasteiger partial charge in [-0.25, -0.2) is 0 Å². The second-order valence-corrected chi connectivity index (χ2v) is 9.36. The van der Waals surface area contributed by atoms with Crippen molar-refractivity contribution in [2.24, 2.45) is 0 Å². The number of nitrogens with one attached hydrogen (secondary N) is 2. The van der Waals surface area contributed by atoms with E-state index in [0.717, 1.165) is 22.4 Å². The summed E-state index contributed by atoms with van der Waals surface area (Å²) < 4.78 is 0. The number of carbonyl (C=O) groups excluding carboxylic acids is 5. The number of amides is 4. The summed E-state index contributed by atoms with van der Waals surface area (Å²) >= 11 is 1.33. The van der Waals surface area contributed by atoms with E-state index in [4.69, 9.17) is 0 Å². The van der Waals surface area contributed by atoms with Gasteiger partial charge in [-0.15, -0.1) is 11.3 Å². The summed E-state index contributed by atoms with van der Waals surface area (Å²) in [6, 6.07) is 6.40. The van der Waals surface area contributed by atoms with Crippen LogP contribution in [0.4, 0.5) is 0 Å². The minimum atomic E-state index is -0.709. The fourth-order valence-corrected chi connectivity index (χ4v) is 5.10. The number of thiophene rings is 1. The number of fused-ring (bicyclic) bond motifs is 1. The molecule has 0 aliphatic carbocycles. The number of hydrogen-bond acceptors (Lipinski definition) is 6. The van der Waals surface area contributed by atoms with Crippen LogP contribution in [0.3, 0.4) is 0 Å². The molecule has 33 heavy (non-hydrogen) atoms. The maximum absolute atomic E-state index is 12.8. The van der Waals surface area contributed by atoms with E-state index in [-0.39, 0.29) is 31.3 Å². The first-order chi connectivity index (χ1) is 15.8. The molecule has 1 fully saturated rings. The van der Waals surface area contributed by atoms with Crippen LogP contribution in [0.1, 0.15) is 75.7 Å². The number of Topliss-reactive ketones (excluding diaryl/α,β-unsaturated/α-hetero) is 1. The topological polar surface area (TPSA) is 113 Å². The molecular weight excluding hydrogens is 442 g/mol. The zero-order chi connectivity index (χ0) is 23.7. The Balaban J connectivity index is 1.39. The summed E-state index contributed by atoms with van der Waals surface area (Å²) in [6.07, 6.45) is 1.47. The maximum atomic E-state index is 12.8. The molecule has 1 aromatic heterocycles. The smallest absolute Gasteiger partial charge is 0.292 e. The van der Waals surface area contributed by atoms with Gasteiger partial charge < -0.3 is 10.2 Å². The van der Waals surface area contributed by atoms with E-state index in [1.807, 2.05) is 12.1 Å². The highest BCUT2D eigenvalue weighted by atomic mass is 32.1. The van der Waals surface area contributed by atoms with Gasteiger partial charge in [0.15, 0.2) is 0 Å². The minimum absolute atomic E-state index is 0.117. The van der Waals surface area contributed by atoms with Crippen molar-refractivity contribution in [3.63, 3.8) is 0 Å². The molecule has 3 heterocycles. The number of hydrogen-bond donors (Lipinski definition) is 2. The second kappa shape index (κ2) is 9.27. The first-order valence-electron chi connectivity index (χ1n) is 11.0. The summed E-state index contributed by atoms with van der Waals surface area (Å²) in [6.45, 7) is 4.55. The molecule has 2 atom stereocenters. The van der Waals surface area contributed by atoms with Gasteiger partial charge in [-0.3, -0.25) is 29.3 Å². The predicted molar refractivity (Wildman–Crippen MR) is 122 cm³/mol. The Hall–Kier alpha value is -3.33. The molecule has 0 bridgehead atoms. The maximum Gasteiger partial charge on any atom is 0.292 e. The van der Waals surface area contributed by atoms with E-state index in [2.05, 4.69) is 24.5 Å². The molecule has 172 valence electrons.